The third kappa shape index (κ3) is 2.75. The van der Waals surface area contributed by atoms with Crippen LogP contribution in [0.25, 0.3) is 0 Å². The predicted octanol–water partition coefficient (Wildman–Crippen LogP) is 2.24. The van der Waals surface area contributed by atoms with Gasteiger partial charge in [-0.15, -0.1) is 0 Å². The van der Waals surface area contributed by atoms with Crippen LogP contribution in [0.5, 0.6) is 0 Å². The molecule has 2 N–H and O–H groups in total. The van der Waals surface area contributed by atoms with Crippen LogP contribution in [0.1, 0.15) is 24.0 Å². The van der Waals surface area contributed by atoms with Crippen molar-refractivity contribution in [1.29, 1.82) is 0 Å². The van der Waals surface area contributed by atoms with E-state index in [9.17, 15) is 8.42 Å². The molecule has 0 radical (unpaired) electrons. The second kappa shape index (κ2) is 5.55. The molecule has 1 aliphatic heterocycles. The normalized spacial score (nSPS) is 21.3. The van der Waals surface area contributed by atoms with Gasteiger partial charge in [0.1, 0.15) is 6.10 Å². The summed E-state index contributed by atoms with van der Waals surface area (Å²) in [6.45, 7) is 1.94. The van der Waals surface area contributed by atoms with E-state index in [0.717, 1.165) is 16.8 Å². The Morgan fingerprint density at radius 1 is 1.05 bits per heavy atom. The van der Waals surface area contributed by atoms with Crippen molar-refractivity contribution in [2.45, 2.75) is 23.8 Å². The Bertz CT molecular complexity index is 799. The summed E-state index contributed by atoms with van der Waals surface area (Å²) in [6, 6.07) is 16.3. The SMILES string of the molecule is CC1ON=C(c2ccccc2)C1c1ccc(S(N)(=O)=O)cc1. The van der Waals surface area contributed by atoms with Crippen LogP contribution >= 0.6 is 0 Å². The molecule has 3 rings (SSSR count). The lowest BCUT2D eigenvalue weighted by atomic mass is 9.87. The average Bonchev–Trinajstić information content (AvgIpc) is 2.89. The molecular formula is C16H16N2O3S. The second-order valence-corrected chi connectivity index (χ2v) is 6.81. The molecule has 2 aromatic rings. The third-order valence-electron chi connectivity index (χ3n) is 3.72. The zero-order valence-electron chi connectivity index (χ0n) is 12.0. The Morgan fingerprint density at radius 3 is 2.27 bits per heavy atom. The molecule has 0 bridgehead atoms. The maximum atomic E-state index is 11.3. The molecule has 1 aliphatic rings. The van der Waals surface area contributed by atoms with E-state index in [1.54, 1.807) is 12.1 Å². The molecule has 1 heterocycles. The topological polar surface area (TPSA) is 81.8 Å². The molecule has 2 aromatic carbocycles. The molecule has 0 saturated carbocycles. The van der Waals surface area contributed by atoms with Crippen molar-refractivity contribution in [1.82, 2.24) is 0 Å². The third-order valence-corrected chi connectivity index (χ3v) is 4.65. The van der Waals surface area contributed by atoms with Crippen LogP contribution < -0.4 is 5.14 Å². The van der Waals surface area contributed by atoms with Crippen LogP contribution in [0.2, 0.25) is 0 Å². The molecule has 0 saturated heterocycles. The van der Waals surface area contributed by atoms with Crippen LogP contribution in [0.3, 0.4) is 0 Å². The number of nitrogens with zero attached hydrogens (tertiary/aromatic N) is 1. The summed E-state index contributed by atoms with van der Waals surface area (Å²) in [7, 11) is -3.68. The summed E-state index contributed by atoms with van der Waals surface area (Å²) in [5.41, 5.74) is 2.78. The predicted molar refractivity (Wildman–Crippen MR) is 84.1 cm³/mol. The van der Waals surface area contributed by atoms with Crippen LogP contribution in [-0.2, 0) is 14.9 Å². The quantitative estimate of drug-likeness (QED) is 0.943. The fraction of sp³-hybridized carbons (Fsp3) is 0.188. The van der Waals surface area contributed by atoms with Gasteiger partial charge in [0.15, 0.2) is 0 Å². The zero-order valence-corrected chi connectivity index (χ0v) is 12.8. The van der Waals surface area contributed by atoms with Crippen molar-refractivity contribution in [2.24, 2.45) is 10.3 Å². The molecule has 0 aliphatic carbocycles. The minimum atomic E-state index is -3.68. The number of nitrogens with two attached hydrogens (primary N) is 1. The molecule has 114 valence electrons. The summed E-state index contributed by atoms with van der Waals surface area (Å²) in [5, 5.41) is 9.32. The van der Waals surface area contributed by atoms with Crippen molar-refractivity contribution in [3.63, 3.8) is 0 Å². The molecular weight excluding hydrogens is 300 g/mol. The lowest BCUT2D eigenvalue weighted by Gasteiger charge is -2.16. The van der Waals surface area contributed by atoms with Gasteiger partial charge in [0.05, 0.1) is 16.5 Å². The molecule has 5 nitrogen and oxygen atoms in total. The summed E-state index contributed by atoms with van der Waals surface area (Å²) >= 11 is 0. The first-order valence-electron chi connectivity index (χ1n) is 6.89. The molecule has 0 amide bonds. The molecule has 22 heavy (non-hydrogen) atoms. The minimum Gasteiger partial charge on any atom is -0.391 e. The van der Waals surface area contributed by atoms with E-state index in [2.05, 4.69) is 5.16 Å². The summed E-state index contributed by atoms with van der Waals surface area (Å²) in [5.74, 6) is -0.0445. The lowest BCUT2D eigenvalue weighted by Crippen LogP contribution is -2.19. The van der Waals surface area contributed by atoms with Crippen molar-refractivity contribution in [2.75, 3.05) is 0 Å². The zero-order chi connectivity index (χ0) is 15.7. The van der Waals surface area contributed by atoms with Gasteiger partial charge < -0.3 is 4.84 Å². The standard InChI is InChI=1S/C16H16N2O3S/c1-11-15(12-7-9-14(10-8-12)22(17,19)20)16(18-21-11)13-5-3-2-4-6-13/h2-11,15H,1H3,(H2,17,19,20). The van der Waals surface area contributed by atoms with Gasteiger partial charge in [0.2, 0.25) is 10.0 Å². The highest BCUT2D eigenvalue weighted by Gasteiger charge is 2.33. The summed E-state index contributed by atoms with van der Waals surface area (Å²) in [4.78, 5) is 5.53. The Labute approximate surface area is 129 Å². The van der Waals surface area contributed by atoms with E-state index < -0.39 is 10.0 Å². The van der Waals surface area contributed by atoms with Gasteiger partial charge in [-0.2, -0.15) is 0 Å². The minimum absolute atomic E-state index is 0.0445. The maximum absolute atomic E-state index is 11.3. The highest BCUT2D eigenvalue weighted by Crippen LogP contribution is 2.32. The highest BCUT2D eigenvalue weighted by molar-refractivity contribution is 7.89. The van der Waals surface area contributed by atoms with Crippen LogP contribution in [-0.4, -0.2) is 20.2 Å². The van der Waals surface area contributed by atoms with Crippen molar-refractivity contribution in [3.05, 3.63) is 65.7 Å². The van der Waals surface area contributed by atoms with Crippen LogP contribution in [0.15, 0.2) is 64.6 Å². The van der Waals surface area contributed by atoms with Gasteiger partial charge in [-0.05, 0) is 24.6 Å². The van der Waals surface area contributed by atoms with Crippen molar-refractivity contribution < 1.29 is 13.3 Å². The van der Waals surface area contributed by atoms with E-state index in [1.807, 2.05) is 37.3 Å². The fourth-order valence-corrected chi connectivity index (χ4v) is 3.13. The van der Waals surface area contributed by atoms with Gasteiger partial charge in [-0.3, -0.25) is 0 Å². The highest BCUT2D eigenvalue weighted by atomic mass is 32.2. The monoisotopic (exact) mass is 316 g/mol. The number of primary sulfonamides is 1. The Morgan fingerprint density at radius 2 is 1.68 bits per heavy atom. The van der Waals surface area contributed by atoms with E-state index in [1.165, 1.54) is 12.1 Å². The van der Waals surface area contributed by atoms with Crippen molar-refractivity contribution >= 4 is 15.7 Å². The average molecular weight is 316 g/mol. The maximum Gasteiger partial charge on any atom is 0.238 e. The van der Waals surface area contributed by atoms with Gasteiger partial charge in [0, 0.05) is 5.56 Å². The fourth-order valence-electron chi connectivity index (χ4n) is 2.61. The Balaban J connectivity index is 1.97. The Kier molecular flexibility index (Phi) is 3.72. The number of benzene rings is 2. The van der Waals surface area contributed by atoms with E-state index in [4.69, 9.17) is 9.98 Å². The van der Waals surface area contributed by atoms with E-state index >= 15 is 0 Å². The molecule has 0 spiro atoms. The summed E-state index contributed by atoms with van der Waals surface area (Å²) in [6.07, 6.45) is -0.115. The summed E-state index contributed by atoms with van der Waals surface area (Å²) < 4.78 is 22.7. The molecule has 6 heteroatoms. The van der Waals surface area contributed by atoms with E-state index in [0.29, 0.717) is 0 Å². The lowest BCUT2D eigenvalue weighted by molar-refractivity contribution is 0.0905. The molecule has 2 atom stereocenters. The number of hydrogen-bond acceptors (Lipinski definition) is 4. The first-order valence-corrected chi connectivity index (χ1v) is 8.43. The van der Waals surface area contributed by atoms with Gasteiger partial charge in [-0.1, -0.05) is 47.6 Å². The number of hydrogen-bond donors (Lipinski definition) is 1. The van der Waals surface area contributed by atoms with E-state index in [-0.39, 0.29) is 16.9 Å². The molecule has 0 fully saturated rings. The smallest absolute Gasteiger partial charge is 0.238 e. The van der Waals surface area contributed by atoms with Crippen LogP contribution in [0, 0.1) is 0 Å². The van der Waals surface area contributed by atoms with Crippen molar-refractivity contribution in [3.8, 4) is 0 Å². The number of oxime groups is 1. The van der Waals surface area contributed by atoms with Crippen LogP contribution in [0.4, 0.5) is 0 Å². The largest absolute Gasteiger partial charge is 0.391 e. The molecule has 2 unspecified atom stereocenters. The van der Waals surface area contributed by atoms with Gasteiger partial charge in [-0.25, -0.2) is 13.6 Å². The number of sulfonamides is 1. The Hall–Kier alpha value is -2.18. The van der Waals surface area contributed by atoms with Gasteiger partial charge >= 0.3 is 0 Å². The molecule has 0 aromatic heterocycles. The first-order chi connectivity index (χ1) is 10.5. The second-order valence-electron chi connectivity index (χ2n) is 5.24. The number of rotatable bonds is 3. The first kappa shape index (κ1) is 14.7. The van der Waals surface area contributed by atoms with Gasteiger partial charge in [0.25, 0.3) is 0 Å².